The van der Waals surface area contributed by atoms with Gasteiger partial charge in [0.25, 0.3) is 17.5 Å². The van der Waals surface area contributed by atoms with E-state index in [1.54, 1.807) is 0 Å². The highest BCUT2D eigenvalue weighted by molar-refractivity contribution is 6.02. The molecule has 3 aliphatic heterocycles. The minimum absolute atomic E-state index is 0.0325. The Hall–Kier alpha value is -1.52. The molecular formula is C12H18N2O7. The highest BCUT2D eigenvalue weighted by Crippen LogP contribution is 2.32. The summed E-state index contributed by atoms with van der Waals surface area (Å²) in [6.07, 6.45) is -1.91. The second-order valence-electron chi connectivity index (χ2n) is 5.47. The van der Waals surface area contributed by atoms with Gasteiger partial charge in [-0.25, -0.2) is 0 Å². The molecule has 2 amide bonds. The lowest BCUT2D eigenvalue weighted by molar-refractivity contribution is -0.230. The summed E-state index contributed by atoms with van der Waals surface area (Å²) >= 11 is 0. The van der Waals surface area contributed by atoms with Crippen molar-refractivity contribution in [3.05, 3.63) is 12.2 Å². The normalized spacial score (nSPS) is 37.1. The number of rotatable bonds is 3. The van der Waals surface area contributed by atoms with E-state index in [-0.39, 0.29) is 18.6 Å². The van der Waals surface area contributed by atoms with Crippen molar-refractivity contribution in [2.75, 3.05) is 13.2 Å². The van der Waals surface area contributed by atoms with Crippen molar-refractivity contribution in [3.63, 3.8) is 0 Å². The molecule has 0 saturated carbocycles. The van der Waals surface area contributed by atoms with Crippen LogP contribution in [0.5, 0.6) is 0 Å². The van der Waals surface area contributed by atoms with E-state index < -0.39 is 41.6 Å². The zero-order valence-electron chi connectivity index (χ0n) is 11.4. The highest BCUT2D eigenvalue weighted by atomic mass is 16.5. The average Bonchev–Trinajstić information content (AvgIpc) is 2.42. The molecule has 2 bridgehead atoms. The number of nitrogens with one attached hydrogen (secondary N) is 2. The van der Waals surface area contributed by atoms with Gasteiger partial charge in [0.15, 0.2) is 0 Å². The molecule has 3 fully saturated rings. The maximum absolute atomic E-state index is 12.2. The van der Waals surface area contributed by atoms with Crippen LogP contribution in [-0.4, -0.2) is 68.6 Å². The molecule has 9 nitrogen and oxygen atoms in total. The van der Waals surface area contributed by atoms with Crippen molar-refractivity contribution in [2.24, 2.45) is 0 Å². The van der Waals surface area contributed by atoms with Crippen molar-refractivity contribution in [1.82, 2.24) is 10.6 Å². The molecule has 0 aromatic carbocycles. The molecule has 9 heteroatoms. The van der Waals surface area contributed by atoms with Gasteiger partial charge in [0.05, 0.1) is 13.2 Å². The van der Waals surface area contributed by atoms with Gasteiger partial charge in [0.2, 0.25) is 5.72 Å². The number of amides is 2. The van der Waals surface area contributed by atoms with Gasteiger partial charge in [0, 0.05) is 0 Å². The van der Waals surface area contributed by atoms with Crippen LogP contribution < -0.4 is 10.6 Å². The second kappa shape index (κ2) is 4.75. The minimum Gasteiger partial charge on any atom is -0.393 e. The van der Waals surface area contributed by atoms with Gasteiger partial charge in [-0.1, -0.05) is 6.58 Å². The molecule has 0 spiro atoms. The molecule has 3 aliphatic rings. The average molecular weight is 302 g/mol. The number of piperazine rings is 1. The summed E-state index contributed by atoms with van der Waals surface area (Å²) < 4.78 is 5.27. The lowest BCUT2D eigenvalue weighted by Gasteiger charge is -2.49. The predicted molar refractivity (Wildman–Crippen MR) is 67.4 cm³/mol. The topological polar surface area (TPSA) is 148 Å². The Labute approximate surface area is 120 Å². The first-order valence-electron chi connectivity index (χ1n) is 6.31. The predicted octanol–water partition coefficient (Wildman–Crippen LogP) is -3.30. The minimum atomic E-state index is -2.31. The third kappa shape index (κ3) is 2.14. The molecule has 0 unspecified atom stereocenters. The van der Waals surface area contributed by atoms with Crippen molar-refractivity contribution >= 4 is 11.8 Å². The number of carbonyl (C=O) groups is 2. The smallest absolute Gasteiger partial charge is 0.280 e. The van der Waals surface area contributed by atoms with Crippen LogP contribution >= 0.6 is 0 Å². The quantitative estimate of drug-likeness (QED) is 0.299. The Morgan fingerprint density at radius 1 is 1.43 bits per heavy atom. The van der Waals surface area contributed by atoms with Gasteiger partial charge in [-0.3, -0.25) is 9.59 Å². The van der Waals surface area contributed by atoms with E-state index in [1.807, 2.05) is 5.32 Å². The molecule has 0 aromatic rings. The van der Waals surface area contributed by atoms with Crippen LogP contribution in [-0.2, 0) is 14.3 Å². The van der Waals surface area contributed by atoms with Gasteiger partial charge in [-0.2, -0.15) is 0 Å². The van der Waals surface area contributed by atoms with E-state index in [9.17, 15) is 24.9 Å². The van der Waals surface area contributed by atoms with E-state index in [1.165, 1.54) is 0 Å². The summed E-state index contributed by atoms with van der Waals surface area (Å²) in [5.41, 5.74) is -6.69. The van der Waals surface area contributed by atoms with Gasteiger partial charge in [0.1, 0.15) is 11.7 Å². The Balaban J connectivity index is 2.47. The van der Waals surface area contributed by atoms with Crippen molar-refractivity contribution < 1.29 is 34.8 Å². The molecular weight excluding hydrogens is 284 g/mol. The van der Waals surface area contributed by atoms with Gasteiger partial charge < -0.3 is 35.8 Å². The van der Waals surface area contributed by atoms with Crippen molar-refractivity contribution in [2.45, 2.75) is 36.5 Å². The molecule has 3 rings (SSSR count). The monoisotopic (exact) mass is 302 g/mol. The zero-order chi connectivity index (χ0) is 16.1. The van der Waals surface area contributed by atoms with Crippen LogP contribution in [0.3, 0.4) is 0 Å². The van der Waals surface area contributed by atoms with Crippen LogP contribution in [0.4, 0.5) is 0 Å². The fourth-order valence-electron chi connectivity index (χ4n) is 2.29. The van der Waals surface area contributed by atoms with E-state index in [0.29, 0.717) is 0 Å². The van der Waals surface area contributed by atoms with E-state index >= 15 is 0 Å². The number of aliphatic hydroxyl groups excluding tert-OH is 2. The van der Waals surface area contributed by atoms with Crippen LogP contribution in [0.25, 0.3) is 0 Å². The Morgan fingerprint density at radius 3 is 2.62 bits per heavy atom. The zero-order valence-corrected chi connectivity index (χ0v) is 11.4. The molecule has 118 valence electrons. The Kier molecular flexibility index (Phi) is 3.59. The lowest BCUT2D eigenvalue weighted by Crippen LogP contribution is -2.82. The highest BCUT2D eigenvalue weighted by Gasteiger charge is 2.63. The Bertz CT molecular complexity index is 506. The van der Waals surface area contributed by atoms with Crippen LogP contribution in [0.1, 0.15) is 13.3 Å². The summed E-state index contributed by atoms with van der Waals surface area (Å²) in [7, 11) is 0. The standard InChI is InChI=1S/C12H18N2O7/c1-6-3-4-21-12(7(16)10(2,19)5-15)9(18)13-11(6,20)8(17)14-12/h7,15-16,19-20H,1,3-5H2,2H3,(H,13,18)(H,14,17)/t7-,10-,11-,12+/m0/s1. The van der Waals surface area contributed by atoms with E-state index in [4.69, 9.17) is 9.84 Å². The number of hydrogen-bond acceptors (Lipinski definition) is 7. The SMILES string of the molecule is C=C1CCO[C@@]2([C@@H](O)[C@@](C)(O)CO)NC(=O)[C@]1(O)NC2=O. The van der Waals surface area contributed by atoms with E-state index in [0.717, 1.165) is 6.92 Å². The largest absolute Gasteiger partial charge is 0.393 e. The molecule has 0 aromatic heterocycles. The van der Waals surface area contributed by atoms with Crippen LogP contribution in [0.2, 0.25) is 0 Å². The first-order valence-corrected chi connectivity index (χ1v) is 6.31. The molecule has 3 heterocycles. The first-order chi connectivity index (χ1) is 9.60. The number of ether oxygens (including phenoxy) is 1. The second-order valence-corrected chi connectivity index (χ2v) is 5.47. The summed E-state index contributed by atoms with van der Waals surface area (Å²) in [4.78, 5) is 24.3. The van der Waals surface area contributed by atoms with Crippen LogP contribution in [0, 0.1) is 0 Å². The third-order valence-electron chi connectivity index (χ3n) is 3.80. The number of hydrogen-bond donors (Lipinski definition) is 6. The van der Waals surface area contributed by atoms with Gasteiger partial charge >= 0.3 is 0 Å². The van der Waals surface area contributed by atoms with Crippen molar-refractivity contribution in [3.8, 4) is 0 Å². The van der Waals surface area contributed by atoms with Crippen LogP contribution in [0.15, 0.2) is 12.2 Å². The number of fused-ring (bicyclic) bond motifs is 5. The van der Waals surface area contributed by atoms with E-state index in [2.05, 4.69) is 11.9 Å². The Morgan fingerprint density at radius 2 is 2.05 bits per heavy atom. The maximum atomic E-state index is 12.2. The maximum Gasteiger partial charge on any atom is 0.280 e. The first kappa shape index (κ1) is 15.9. The summed E-state index contributed by atoms with van der Waals surface area (Å²) in [5.74, 6) is -2.09. The molecule has 4 atom stereocenters. The fraction of sp³-hybridized carbons (Fsp3) is 0.667. The fourth-order valence-corrected chi connectivity index (χ4v) is 2.29. The van der Waals surface area contributed by atoms with Crippen molar-refractivity contribution in [1.29, 1.82) is 0 Å². The van der Waals surface area contributed by atoms with Gasteiger partial charge in [-0.05, 0) is 18.9 Å². The summed E-state index contributed by atoms with van der Waals surface area (Å²) in [6.45, 7) is 3.59. The molecule has 21 heavy (non-hydrogen) atoms. The summed E-state index contributed by atoms with van der Waals surface area (Å²) in [5, 5.41) is 43.6. The van der Waals surface area contributed by atoms with Gasteiger partial charge in [-0.15, -0.1) is 0 Å². The number of carbonyl (C=O) groups excluding carboxylic acids is 2. The molecule has 6 N–H and O–H groups in total. The molecule has 3 saturated heterocycles. The lowest BCUT2D eigenvalue weighted by atomic mass is 9.85. The third-order valence-corrected chi connectivity index (χ3v) is 3.80. The number of aliphatic hydroxyl groups is 4. The summed E-state index contributed by atoms with van der Waals surface area (Å²) in [6, 6.07) is 0. The molecule has 0 aliphatic carbocycles. The molecule has 0 radical (unpaired) electrons.